The summed E-state index contributed by atoms with van der Waals surface area (Å²) >= 11 is 0. The maximum atomic E-state index is 12.2. The molecule has 0 radical (unpaired) electrons. The Bertz CT molecular complexity index is 789. The van der Waals surface area contributed by atoms with Crippen LogP contribution >= 0.6 is 12.4 Å². The van der Waals surface area contributed by atoms with Crippen molar-refractivity contribution in [2.24, 2.45) is 0 Å². The van der Waals surface area contributed by atoms with Crippen molar-refractivity contribution in [2.75, 3.05) is 19.6 Å². The maximum absolute atomic E-state index is 12.2. The second kappa shape index (κ2) is 10.8. The molecule has 2 aromatic rings. The summed E-state index contributed by atoms with van der Waals surface area (Å²) in [6.45, 7) is 5.14. The fourth-order valence-corrected chi connectivity index (χ4v) is 2.97. The summed E-state index contributed by atoms with van der Waals surface area (Å²) in [6, 6.07) is 16.0. The normalized spacial score (nSPS) is 13.3. The number of rotatable bonds is 7. The minimum atomic E-state index is 0. The van der Waals surface area contributed by atoms with Crippen LogP contribution in [0.25, 0.3) is 0 Å². The number of ether oxygens (including phenoxy) is 1. The molecule has 0 aliphatic carbocycles. The van der Waals surface area contributed by atoms with Crippen LogP contribution < -0.4 is 15.4 Å². The molecule has 0 unspecified atom stereocenters. The van der Waals surface area contributed by atoms with Gasteiger partial charge in [-0.25, -0.2) is 0 Å². The van der Waals surface area contributed by atoms with Gasteiger partial charge < -0.3 is 15.4 Å². The second-order valence-electron chi connectivity index (χ2n) is 6.63. The molecule has 2 aromatic carbocycles. The van der Waals surface area contributed by atoms with Crippen molar-refractivity contribution in [1.29, 1.82) is 0 Å². The van der Waals surface area contributed by atoms with Gasteiger partial charge in [-0.1, -0.05) is 48.0 Å². The molecule has 0 atom stereocenters. The highest BCUT2D eigenvalue weighted by Gasteiger charge is 2.08. The number of hydrogen-bond acceptors (Lipinski definition) is 3. The first kappa shape index (κ1) is 21.0. The number of benzene rings is 2. The first-order chi connectivity index (χ1) is 12.7. The van der Waals surface area contributed by atoms with Gasteiger partial charge in [-0.3, -0.25) is 4.79 Å². The molecule has 144 valence electrons. The third-order valence-electron chi connectivity index (χ3n) is 4.59. The molecule has 0 fully saturated rings. The highest BCUT2D eigenvalue weighted by molar-refractivity contribution is 5.85. The van der Waals surface area contributed by atoms with Crippen LogP contribution in [0, 0.1) is 6.92 Å². The van der Waals surface area contributed by atoms with Crippen molar-refractivity contribution >= 4 is 18.3 Å². The van der Waals surface area contributed by atoms with E-state index in [1.54, 1.807) is 0 Å². The van der Waals surface area contributed by atoms with Gasteiger partial charge in [-0.15, -0.1) is 12.4 Å². The average molecular weight is 387 g/mol. The van der Waals surface area contributed by atoms with Gasteiger partial charge in [0.25, 0.3) is 0 Å². The van der Waals surface area contributed by atoms with Gasteiger partial charge >= 0.3 is 0 Å². The lowest BCUT2D eigenvalue weighted by molar-refractivity contribution is -0.120. The van der Waals surface area contributed by atoms with Crippen LogP contribution in [-0.4, -0.2) is 25.5 Å². The smallest absolute Gasteiger partial charge is 0.224 e. The highest BCUT2D eigenvalue weighted by atomic mass is 35.5. The monoisotopic (exact) mass is 386 g/mol. The lowest BCUT2D eigenvalue weighted by atomic mass is 10.1. The predicted molar refractivity (Wildman–Crippen MR) is 111 cm³/mol. The maximum Gasteiger partial charge on any atom is 0.224 e. The van der Waals surface area contributed by atoms with Gasteiger partial charge in [-0.05, 0) is 48.7 Å². The number of hydrogen-bond donors (Lipinski definition) is 2. The lowest BCUT2D eigenvalue weighted by Gasteiger charge is -2.14. The zero-order chi connectivity index (χ0) is 18.2. The molecular weight excluding hydrogens is 360 g/mol. The lowest BCUT2D eigenvalue weighted by Crippen LogP contribution is -2.30. The third-order valence-corrected chi connectivity index (χ3v) is 4.59. The van der Waals surface area contributed by atoms with Crippen LogP contribution in [0.4, 0.5) is 0 Å². The molecular formula is C22H27ClN2O2. The molecule has 2 N–H and O–H groups in total. The SMILES string of the molecule is Cc1ccccc1COc1cccc(CC(=O)NCC2=CCNCC2)c1.Cl. The molecule has 1 heterocycles. The molecule has 0 saturated carbocycles. The molecule has 1 amide bonds. The summed E-state index contributed by atoms with van der Waals surface area (Å²) < 4.78 is 5.90. The molecule has 0 aromatic heterocycles. The van der Waals surface area contributed by atoms with Crippen LogP contribution in [0.15, 0.2) is 60.2 Å². The van der Waals surface area contributed by atoms with Gasteiger partial charge in [0.15, 0.2) is 0 Å². The van der Waals surface area contributed by atoms with E-state index in [1.807, 2.05) is 36.4 Å². The van der Waals surface area contributed by atoms with Crippen molar-refractivity contribution < 1.29 is 9.53 Å². The highest BCUT2D eigenvalue weighted by Crippen LogP contribution is 2.17. The molecule has 4 nitrogen and oxygen atoms in total. The van der Waals surface area contributed by atoms with Gasteiger partial charge in [0, 0.05) is 13.1 Å². The van der Waals surface area contributed by atoms with Gasteiger partial charge in [-0.2, -0.15) is 0 Å². The van der Waals surface area contributed by atoms with Crippen molar-refractivity contribution in [1.82, 2.24) is 10.6 Å². The Morgan fingerprint density at radius 2 is 2.04 bits per heavy atom. The minimum Gasteiger partial charge on any atom is -0.489 e. The van der Waals surface area contributed by atoms with Crippen LogP contribution in [0.1, 0.15) is 23.1 Å². The molecule has 0 bridgehead atoms. The zero-order valence-electron chi connectivity index (χ0n) is 15.7. The summed E-state index contributed by atoms with van der Waals surface area (Å²) in [6.07, 6.45) is 3.53. The third kappa shape index (κ3) is 6.74. The topological polar surface area (TPSA) is 50.4 Å². The standard InChI is InChI=1S/C22H26N2O2.ClH/c1-17-5-2-3-7-20(17)16-26-21-8-4-6-19(13-21)14-22(25)24-15-18-9-11-23-12-10-18;/h2-9,13,23H,10-12,14-16H2,1H3,(H,24,25);1H. The Morgan fingerprint density at radius 1 is 1.19 bits per heavy atom. The van der Waals surface area contributed by atoms with E-state index in [0.29, 0.717) is 19.6 Å². The quantitative estimate of drug-likeness (QED) is 0.715. The van der Waals surface area contributed by atoms with Crippen LogP contribution in [-0.2, 0) is 17.8 Å². The summed E-state index contributed by atoms with van der Waals surface area (Å²) in [5.41, 5.74) is 4.65. The van der Waals surface area contributed by atoms with Crippen LogP contribution in [0.2, 0.25) is 0 Å². The van der Waals surface area contributed by atoms with E-state index >= 15 is 0 Å². The number of carbonyl (C=O) groups excluding carboxylic acids is 1. The molecule has 3 rings (SSSR count). The van der Waals surface area contributed by atoms with Crippen LogP contribution in [0.5, 0.6) is 5.75 Å². The van der Waals surface area contributed by atoms with E-state index in [1.165, 1.54) is 16.7 Å². The average Bonchev–Trinajstić information content (AvgIpc) is 2.67. The molecule has 27 heavy (non-hydrogen) atoms. The summed E-state index contributed by atoms with van der Waals surface area (Å²) in [7, 11) is 0. The van der Waals surface area contributed by atoms with Crippen molar-refractivity contribution in [2.45, 2.75) is 26.4 Å². The fourth-order valence-electron chi connectivity index (χ4n) is 2.97. The van der Waals surface area contributed by atoms with Gasteiger partial charge in [0.05, 0.1) is 6.42 Å². The Hall–Kier alpha value is -2.30. The Morgan fingerprint density at radius 3 is 2.81 bits per heavy atom. The van der Waals surface area contributed by atoms with E-state index in [9.17, 15) is 4.79 Å². The number of carbonyl (C=O) groups is 1. The van der Waals surface area contributed by atoms with E-state index in [2.05, 4.69) is 35.8 Å². The van der Waals surface area contributed by atoms with Crippen molar-refractivity contribution in [3.05, 3.63) is 76.9 Å². The largest absolute Gasteiger partial charge is 0.489 e. The minimum absolute atomic E-state index is 0. The van der Waals surface area contributed by atoms with E-state index < -0.39 is 0 Å². The van der Waals surface area contributed by atoms with Gasteiger partial charge in [0.1, 0.15) is 12.4 Å². The zero-order valence-corrected chi connectivity index (χ0v) is 16.5. The van der Waals surface area contributed by atoms with E-state index in [0.717, 1.165) is 30.8 Å². The number of halogens is 1. The Labute approximate surface area is 167 Å². The molecule has 0 saturated heterocycles. The summed E-state index contributed by atoms with van der Waals surface area (Å²) in [5.74, 6) is 0.833. The molecule has 0 spiro atoms. The number of amides is 1. The van der Waals surface area contributed by atoms with E-state index in [4.69, 9.17) is 4.74 Å². The van der Waals surface area contributed by atoms with Crippen LogP contribution in [0.3, 0.4) is 0 Å². The Kier molecular flexibility index (Phi) is 8.37. The number of nitrogens with one attached hydrogen (secondary N) is 2. The summed E-state index contributed by atoms with van der Waals surface area (Å²) in [4.78, 5) is 12.2. The molecule has 1 aliphatic rings. The number of aryl methyl sites for hydroxylation is 1. The Balaban J connectivity index is 0.00000261. The van der Waals surface area contributed by atoms with E-state index in [-0.39, 0.29) is 18.3 Å². The predicted octanol–water partition coefficient (Wildman–Crippen LogP) is 3.57. The molecule has 1 aliphatic heterocycles. The van der Waals surface area contributed by atoms with Gasteiger partial charge in [0.2, 0.25) is 5.91 Å². The second-order valence-corrected chi connectivity index (χ2v) is 6.63. The first-order valence-corrected chi connectivity index (χ1v) is 9.12. The summed E-state index contributed by atoms with van der Waals surface area (Å²) in [5, 5.41) is 6.28. The fraction of sp³-hybridized carbons (Fsp3) is 0.318. The first-order valence-electron chi connectivity index (χ1n) is 9.12. The van der Waals surface area contributed by atoms with Crippen molar-refractivity contribution in [3.8, 4) is 5.75 Å². The van der Waals surface area contributed by atoms with Crippen molar-refractivity contribution in [3.63, 3.8) is 0 Å². The molecule has 5 heteroatoms.